The molecule has 0 aliphatic heterocycles. The summed E-state index contributed by atoms with van der Waals surface area (Å²) in [4.78, 5) is 12.0. The molecule has 1 unspecified atom stereocenters. The van der Waals surface area contributed by atoms with E-state index >= 15 is 0 Å². The zero-order valence-corrected chi connectivity index (χ0v) is 17.2. The number of carbonyl (C=O) groups is 1. The average Bonchev–Trinajstić information content (AvgIpc) is 3.07. The van der Waals surface area contributed by atoms with Crippen LogP contribution in [0.2, 0.25) is 0 Å². The van der Waals surface area contributed by atoms with Crippen molar-refractivity contribution >= 4 is 54.3 Å². The second kappa shape index (κ2) is 8.32. The lowest BCUT2D eigenvalue weighted by Crippen LogP contribution is -2.26. The van der Waals surface area contributed by atoms with Gasteiger partial charge >= 0.3 is 0 Å². The molecule has 1 N–H and O–H groups in total. The van der Waals surface area contributed by atoms with Crippen LogP contribution in [0.5, 0.6) is 5.75 Å². The monoisotopic (exact) mass is 466 g/mol. The number of halogens is 2. The van der Waals surface area contributed by atoms with Gasteiger partial charge in [-0.1, -0.05) is 35.0 Å². The first kappa shape index (κ1) is 18.4. The normalized spacial score (nSPS) is 18.7. The number of carbonyl (C=O) groups excluding carboxylic acids is 1. The van der Waals surface area contributed by atoms with Gasteiger partial charge in [0.1, 0.15) is 5.75 Å². The zero-order chi connectivity index (χ0) is 17.8. The standard InChI is InChI=1S/C19H20Br2N2O2/c1-2-12-4-3-5-16(12)22-23-18(24)11-25-17-9-6-13-10-14(20)7-8-15(13)19(17)21/h6-10,12H,2-5,11H2,1H3,(H,23,24). The fourth-order valence-electron chi connectivity index (χ4n) is 3.15. The molecule has 2 aromatic rings. The van der Waals surface area contributed by atoms with E-state index in [0.717, 1.165) is 44.7 Å². The van der Waals surface area contributed by atoms with Crippen LogP contribution in [0, 0.1) is 5.92 Å². The van der Waals surface area contributed by atoms with E-state index in [1.165, 1.54) is 6.42 Å². The minimum absolute atomic E-state index is 0.0613. The molecule has 2 aromatic carbocycles. The molecular weight excluding hydrogens is 448 g/mol. The number of nitrogens with zero attached hydrogens (tertiary/aromatic N) is 1. The highest BCUT2D eigenvalue weighted by molar-refractivity contribution is 9.11. The van der Waals surface area contributed by atoms with E-state index in [9.17, 15) is 4.79 Å². The maximum atomic E-state index is 12.0. The summed E-state index contributed by atoms with van der Waals surface area (Å²) >= 11 is 7.03. The van der Waals surface area contributed by atoms with Crippen molar-refractivity contribution in [2.75, 3.05) is 6.61 Å². The van der Waals surface area contributed by atoms with Gasteiger partial charge < -0.3 is 4.74 Å². The molecule has 6 heteroatoms. The van der Waals surface area contributed by atoms with Crippen LogP contribution >= 0.6 is 31.9 Å². The van der Waals surface area contributed by atoms with Crippen LogP contribution in [-0.2, 0) is 4.79 Å². The van der Waals surface area contributed by atoms with Crippen LogP contribution in [0.1, 0.15) is 32.6 Å². The van der Waals surface area contributed by atoms with E-state index in [-0.39, 0.29) is 12.5 Å². The topological polar surface area (TPSA) is 50.7 Å². The molecule has 3 rings (SSSR count). The molecule has 0 aromatic heterocycles. The molecule has 1 saturated carbocycles. The summed E-state index contributed by atoms with van der Waals surface area (Å²) in [6, 6.07) is 9.86. The molecule has 25 heavy (non-hydrogen) atoms. The molecule has 1 aliphatic rings. The minimum Gasteiger partial charge on any atom is -0.483 e. The van der Waals surface area contributed by atoms with Crippen molar-refractivity contribution in [3.05, 3.63) is 39.3 Å². The lowest BCUT2D eigenvalue weighted by atomic mass is 10.0. The molecule has 0 heterocycles. The summed E-state index contributed by atoms with van der Waals surface area (Å²) in [7, 11) is 0. The van der Waals surface area contributed by atoms with E-state index in [1.54, 1.807) is 0 Å². The first-order valence-electron chi connectivity index (χ1n) is 8.44. The van der Waals surface area contributed by atoms with Crippen molar-refractivity contribution in [1.29, 1.82) is 0 Å². The Morgan fingerprint density at radius 2 is 2.16 bits per heavy atom. The predicted octanol–water partition coefficient (Wildman–Crippen LogP) is 5.43. The number of fused-ring (bicyclic) bond motifs is 1. The Balaban J connectivity index is 1.62. The molecule has 1 atom stereocenters. The van der Waals surface area contributed by atoms with E-state index in [0.29, 0.717) is 11.7 Å². The SMILES string of the molecule is CCC1CCCC1=NNC(=O)COc1ccc2cc(Br)ccc2c1Br. The summed E-state index contributed by atoms with van der Waals surface area (Å²) in [6.45, 7) is 2.10. The smallest absolute Gasteiger partial charge is 0.277 e. The van der Waals surface area contributed by atoms with Gasteiger partial charge in [-0.2, -0.15) is 5.10 Å². The van der Waals surface area contributed by atoms with Crippen molar-refractivity contribution in [1.82, 2.24) is 5.43 Å². The summed E-state index contributed by atoms with van der Waals surface area (Å²) in [5, 5.41) is 6.42. The molecule has 132 valence electrons. The quantitative estimate of drug-likeness (QED) is 0.596. The third-order valence-electron chi connectivity index (χ3n) is 4.51. The number of hydrogen-bond donors (Lipinski definition) is 1. The highest BCUT2D eigenvalue weighted by atomic mass is 79.9. The van der Waals surface area contributed by atoms with Crippen LogP contribution in [0.3, 0.4) is 0 Å². The summed E-state index contributed by atoms with van der Waals surface area (Å²) in [6.07, 6.45) is 4.38. The third-order valence-corrected chi connectivity index (χ3v) is 5.82. The van der Waals surface area contributed by atoms with Gasteiger partial charge in [0.05, 0.1) is 4.47 Å². The van der Waals surface area contributed by atoms with E-state index in [4.69, 9.17) is 4.74 Å². The minimum atomic E-state index is -0.239. The van der Waals surface area contributed by atoms with Gasteiger partial charge in [0.25, 0.3) is 5.91 Å². The van der Waals surface area contributed by atoms with Crippen molar-refractivity contribution in [2.45, 2.75) is 32.6 Å². The van der Waals surface area contributed by atoms with Crippen LogP contribution < -0.4 is 10.2 Å². The molecule has 1 amide bonds. The van der Waals surface area contributed by atoms with Crippen molar-refractivity contribution in [3.8, 4) is 5.75 Å². The summed E-state index contributed by atoms with van der Waals surface area (Å²) < 4.78 is 7.54. The first-order valence-corrected chi connectivity index (χ1v) is 10.0. The lowest BCUT2D eigenvalue weighted by Gasteiger charge is -2.11. The van der Waals surface area contributed by atoms with Crippen molar-refractivity contribution < 1.29 is 9.53 Å². The Labute approximate surface area is 164 Å². The average molecular weight is 468 g/mol. The molecule has 1 fully saturated rings. The molecular formula is C19H20Br2N2O2. The van der Waals surface area contributed by atoms with Gasteiger partial charge in [-0.25, -0.2) is 5.43 Å². The number of hydrazone groups is 1. The molecule has 0 bridgehead atoms. The second-order valence-electron chi connectivity index (χ2n) is 6.17. The van der Waals surface area contributed by atoms with Crippen LogP contribution in [0.15, 0.2) is 44.4 Å². The second-order valence-corrected chi connectivity index (χ2v) is 7.88. The summed E-state index contributed by atoms with van der Waals surface area (Å²) in [5.74, 6) is 0.914. The maximum absolute atomic E-state index is 12.0. The van der Waals surface area contributed by atoms with Crippen LogP contribution in [0.25, 0.3) is 10.8 Å². The Kier molecular flexibility index (Phi) is 6.12. The maximum Gasteiger partial charge on any atom is 0.277 e. The molecule has 0 saturated heterocycles. The summed E-state index contributed by atoms with van der Waals surface area (Å²) in [5.41, 5.74) is 3.73. The lowest BCUT2D eigenvalue weighted by molar-refractivity contribution is -0.123. The fourth-order valence-corrected chi connectivity index (χ4v) is 4.14. The number of amides is 1. The van der Waals surface area contributed by atoms with Gasteiger partial charge in [0, 0.05) is 10.2 Å². The third kappa shape index (κ3) is 4.42. The number of ether oxygens (including phenoxy) is 1. The fraction of sp³-hybridized carbons (Fsp3) is 0.368. The number of hydrogen-bond acceptors (Lipinski definition) is 3. The Morgan fingerprint density at radius 1 is 1.32 bits per heavy atom. The Bertz CT molecular complexity index is 820. The van der Waals surface area contributed by atoms with E-state index in [1.807, 2.05) is 30.3 Å². The Hall–Kier alpha value is -1.40. The van der Waals surface area contributed by atoms with Gasteiger partial charge in [0.15, 0.2) is 6.61 Å². The molecule has 4 nitrogen and oxygen atoms in total. The largest absolute Gasteiger partial charge is 0.483 e. The Morgan fingerprint density at radius 3 is 2.96 bits per heavy atom. The van der Waals surface area contributed by atoms with Gasteiger partial charge in [-0.3, -0.25) is 4.79 Å². The van der Waals surface area contributed by atoms with Crippen LogP contribution in [0.4, 0.5) is 0 Å². The molecule has 0 spiro atoms. The highest BCUT2D eigenvalue weighted by Crippen LogP contribution is 2.34. The number of nitrogens with one attached hydrogen (secondary N) is 1. The first-order chi connectivity index (χ1) is 12.1. The zero-order valence-electron chi connectivity index (χ0n) is 14.0. The highest BCUT2D eigenvalue weighted by Gasteiger charge is 2.21. The predicted molar refractivity (Wildman–Crippen MR) is 108 cm³/mol. The van der Waals surface area contributed by atoms with Crippen molar-refractivity contribution in [2.24, 2.45) is 11.0 Å². The van der Waals surface area contributed by atoms with Crippen molar-refractivity contribution in [3.63, 3.8) is 0 Å². The number of rotatable bonds is 5. The number of benzene rings is 2. The van der Waals surface area contributed by atoms with E-state index in [2.05, 4.69) is 49.3 Å². The van der Waals surface area contributed by atoms with Gasteiger partial charge in [-0.15, -0.1) is 0 Å². The van der Waals surface area contributed by atoms with Gasteiger partial charge in [-0.05, 0) is 76.5 Å². The molecule has 0 radical (unpaired) electrons. The van der Waals surface area contributed by atoms with Crippen LogP contribution in [-0.4, -0.2) is 18.2 Å². The molecule has 1 aliphatic carbocycles. The van der Waals surface area contributed by atoms with Gasteiger partial charge in [0.2, 0.25) is 0 Å². The van der Waals surface area contributed by atoms with E-state index < -0.39 is 0 Å².